The van der Waals surface area contributed by atoms with Crippen molar-refractivity contribution in [2.24, 2.45) is 28.9 Å². The third kappa shape index (κ3) is 2.37. The summed E-state index contributed by atoms with van der Waals surface area (Å²) in [5, 5.41) is 3.27. The highest BCUT2D eigenvalue weighted by atomic mass is 32.2. The van der Waals surface area contributed by atoms with Gasteiger partial charge in [-0.1, -0.05) is 18.2 Å². The molecule has 1 aromatic rings. The predicted molar refractivity (Wildman–Crippen MR) is 108 cm³/mol. The van der Waals surface area contributed by atoms with Gasteiger partial charge >= 0.3 is 0 Å². The molecule has 0 spiro atoms. The van der Waals surface area contributed by atoms with Crippen LogP contribution in [0.3, 0.4) is 0 Å². The lowest BCUT2D eigenvalue weighted by Gasteiger charge is -2.59. The fourth-order valence-electron chi connectivity index (χ4n) is 7.18. The van der Waals surface area contributed by atoms with Crippen molar-refractivity contribution >= 4 is 21.8 Å². The van der Waals surface area contributed by atoms with Gasteiger partial charge < -0.3 is 11.1 Å². The third-order valence-electron chi connectivity index (χ3n) is 8.57. The number of carbonyl (C=O) groups excluding carboxylic acids is 2. The molecule has 1 aliphatic heterocycles. The lowest BCUT2D eigenvalue weighted by molar-refractivity contribution is -0.148. The Labute approximate surface area is 176 Å². The number of nitrogens with one attached hydrogen (secondary N) is 1. The van der Waals surface area contributed by atoms with Crippen LogP contribution in [0.5, 0.6) is 0 Å². The first-order valence-electron chi connectivity index (χ1n) is 11.0. The zero-order valence-corrected chi connectivity index (χ0v) is 17.7. The molecule has 7 nitrogen and oxygen atoms in total. The van der Waals surface area contributed by atoms with Crippen molar-refractivity contribution in [3.05, 3.63) is 29.8 Å². The van der Waals surface area contributed by atoms with E-state index in [1.807, 2.05) is 12.1 Å². The van der Waals surface area contributed by atoms with Crippen LogP contribution in [-0.4, -0.2) is 36.1 Å². The molecule has 5 aliphatic carbocycles. The highest BCUT2D eigenvalue weighted by Crippen LogP contribution is 2.60. The van der Waals surface area contributed by atoms with Gasteiger partial charge in [-0.05, 0) is 74.3 Å². The first kappa shape index (κ1) is 18.8. The maximum Gasteiger partial charge on any atom is 0.244 e. The summed E-state index contributed by atoms with van der Waals surface area (Å²) in [5.41, 5.74) is 5.17. The largest absolute Gasteiger partial charge is 0.369 e. The standard InChI is InChI=1S/C22H27N3O4S/c23-19(26)21-9-13-7-15(10-21)18(16(8-13)11-21)24-20(27)22(5-6-22)25-12-14-3-1-2-4-17(14)30(25,28)29/h1-4,13,15-16,18H,5-12H2,(H2,23,26)(H,24,27). The fourth-order valence-corrected chi connectivity index (χ4v) is 9.17. The number of hydrogen-bond donors (Lipinski definition) is 2. The molecule has 7 rings (SSSR count). The number of rotatable bonds is 4. The van der Waals surface area contributed by atoms with Crippen molar-refractivity contribution < 1.29 is 18.0 Å². The van der Waals surface area contributed by atoms with E-state index in [2.05, 4.69) is 5.32 Å². The van der Waals surface area contributed by atoms with Crippen molar-refractivity contribution in [1.82, 2.24) is 9.62 Å². The van der Waals surface area contributed by atoms with Gasteiger partial charge in [0.15, 0.2) is 0 Å². The quantitative estimate of drug-likeness (QED) is 0.756. The van der Waals surface area contributed by atoms with Crippen LogP contribution in [-0.2, 0) is 26.2 Å². The summed E-state index contributed by atoms with van der Waals surface area (Å²) >= 11 is 0. The number of carbonyl (C=O) groups is 2. The molecule has 0 aromatic heterocycles. The highest BCUT2D eigenvalue weighted by molar-refractivity contribution is 7.89. The van der Waals surface area contributed by atoms with Crippen LogP contribution in [0, 0.1) is 23.2 Å². The van der Waals surface area contributed by atoms with Crippen molar-refractivity contribution in [3.63, 3.8) is 0 Å². The van der Waals surface area contributed by atoms with Crippen molar-refractivity contribution in [2.75, 3.05) is 0 Å². The molecule has 0 saturated heterocycles. The minimum absolute atomic E-state index is 0.0201. The fraction of sp³-hybridized carbons (Fsp3) is 0.636. The highest BCUT2D eigenvalue weighted by Gasteiger charge is 2.63. The van der Waals surface area contributed by atoms with E-state index in [0.29, 0.717) is 23.7 Å². The lowest BCUT2D eigenvalue weighted by atomic mass is 9.47. The molecule has 0 radical (unpaired) electrons. The van der Waals surface area contributed by atoms with Gasteiger partial charge in [0, 0.05) is 18.0 Å². The maximum absolute atomic E-state index is 13.5. The average molecular weight is 430 g/mol. The van der Waals surface area contributed by atoms with Crippen LogP contribution < -0.4 is 11.1 Å². The minimum Gasteiger partial charge on any atom is -0.369 e. The molecule has 4 bridgehead atoms. The molecule has 1 heterocycles. The molecular weight excluding hydrogens is 402 g/mol. The van der Waals surface area contributed by atoms with Gasteiger partial charge in [-0.15, -0.1) is 0 Å². The van der Waals surface area contributed by atoms with Gasteiger partial charge in [0.25, 0.3) is 0 Å². The summed E-state index contributed by atoms with van der Waals surface area (Å²) in [6, 6.07) is 7.02. The van der Waals surface area contributed by atoms with E-state index in [9.17, 15) is 18.0 Å². The van der Waals surface area contributed by atoms with E-state index in [0.717, 1.165) is 37.7 Å². The first-order chi connectivity index (χ1) is 14.3. The Morgan fingerprint density at radius 1 is 1.07 bits per heavy atom. The number of amides is 2. The normalized spacial score (nSPS) is 39.5. The Kier molecular flexibility index (Phi) is 3.67. The van der Waals surface area contributed by atoms with E-state index in [4.69, 9.17) is 5.73 Å². The molecule has 8 heteroatoms. The molecule has 6 aliphatic rings. The molecule has 2 unspecified atom stereocenters. The summed E-state index contributed by atoms with van der Waals surface area (Å²) in [6.07, 6.45) is 5.56. The van der Waals surface area contributed by atoms with Crippen molar-refractivity contribution in [1.29, 1.82) is 0 Å². The van der Waals surface area contributed by atoms with E-state index >= 15 is 0 Å². The van der Waals surface area contributed by atoms with E-state index in [1.54, 1.807) is 12.1 Å². The van der Waals surface area contributed by atoms with Crippen LogP contribution >= 0.6 is 0 Å². The van der Waals surface area contributed by atoms with E-state index in [1.165, 1.54) is 4.31 Å². The second kappa shape index (κ2) is 5.85. The third-order valence-corrected chi connectivity index (χ3v) is 10.6. The van der Waals surface area contributed by atoms with Crippen LogP contribution in [0.2, 0.25) is 0 Å². The molecule has 1 aromatic carbocycles. The molecule has 30 heavy (non-hydrogen) atoms. The first-order valence-corrected chi connectivity index (χ1v) is 12.4. The Balaban J connectivity index is 1.24. The summed E-state index contributed by atoms with van der Waals surface area (Å²) in [4.78, 5) is 25.9. The number of sulfonamides is 1. The molecule has 160 valence electrons. The van der Waals surface area contributed by atoms with E-state index in [-0.39, 0.29) is 36.2 Å². The molecule has 3 N–H and O–H groups in total. The molecule has 2 amide bonds. The maximum atomic E-state index is 13.5. The molecular formula is C22H27N3O4S. The topological polar surface area (TPSA) is 110 Å². The van der Waals surface area contributed by atoms with Gasteiger partial charge in [0.2, 0.25) is 21.8 Å². The number of hydrogen-bond acceptors (Lipinski definition) is 4. The Morgan fingerprint density at radius 3 is 2.33 bits per heavy atom. The van der Waals surface area contributed by atoms with E-state index < -0.39 is 21.0 Å². The number of benzene rings is 1. The number of fused-ring (bicyclic) bond motifs is 1. The number of nitrogens with zero attached hydrogens (tertiary/aromatic N) is 1. The molecule has 5 saturated carbocycles. The lowest BCUT2D eigenvalue weighted by Crippen LogP contribution is -2.64. The van der Waals surface area contributed by atoms with Gasteiger partial charge in [-0.2, -0.15) is 4.31 Å². The molecule has 5 fully saturated rings. The van der Waals surface area contributed by atoms with Crippen molar-refractivity contribution in [3.8, 4) is 0 Å². The summed E-state index contributed by atoms with van der Waals surface area (Å²) in [6.45, 7) is 0.260. The molecule has 2 atom stereocenters. The van der Waals surface area contributed by atoms with Gasteiger partial charge in [-0.25, -0.2) is 8.42 Å². The summed E-state index contributed by atoms with van der Waals surface area (Å²) < 4.78 is 27.7. The number of nitrogens with two attached hydrogens (primary N) is 1. The monoisotopic (exact) mass is 429 g/mol. The predicted octanol–water partition coefficient (Wildman–Crippen LogP) is 1.52. The van der Waals surface area contributed by atoms with Crippen molar-refractivity contribution in [2.45, 2.75) is 68.0 Å². The zero-order valence-electron chi connectivity index (χ0n) is 16.8. The minimum atomic E-state index is -3.66. The van der Waals surface area contributed by atoms with Gasteiger partial charge in [-0.3, -0.25) is 9.59 Å². The summed E-state index contributed by atoms with van der Waals surface area (Å²) in [5.74, 6) is 0.689. The Morgan fingerprint density at radius 2 is 1.73 bits per heavy atom. The zero-order chi connectivity index (χ0) is 20.9. The van der Waals surface area contributed by atoms with Gasteiger partial charge in [0.05, 0.1) is 4.90 Å². The van der Waals surface area contributed by atoms with Crippen LogP contribution in [0.1, 0.15) is 50.5 Å². The van der Waals surface area contributed by atoms with Crippen LogP contribution in [0.15, 0.2) is 29.2 Å². The Bertz CT molecular complexity index is 1050. The SMILES string of the molecule is NC(=O)C12CC3CC(C1)C(NC(=O)C1(N4Cc5ccccc5S4(=O)=O)CC1)C(C3)C2. The van der Waals surface area contributed by atoms with Crippen LogP contribution in [0.25, 0.3) is 0 Å². The summed E-state index contributed by atoms with van der Waals surface area (Å²) in [7, 11) is -3.66. The van der Waals surface area contributed by atoms with Crippen LogP contribution in [0.4, 0.5) is 0 Å². The Hall–Kier alpha value is -1.93. The second-order valence-corrected chi connectivity index (χ2v) is 12.1. The van der Waals surface area contributed by atoms with Gasteiger partial charge in [0.1, 0.15) is 5.54 Å². The average Bonchev–Trinajstić information content (AvgIpc) is 3.45. The number of primary amides is 1. The second-order valence-electron chi connectivity index (χ2n) is 10.3. The smallest absolute Gasteiger partial charge is 0.244 e.